The summed E-state index contributed by atoms with van der Waals surface area (Å²) in [5, 5.41) is 4.97. The van der Waals surface area contributed by atoms with Crippen LogP contribution >= 0.6 is 48.0 Å². The maximum absolute atomic E-state index is 6.40. The van der Waals surface area contributed by atoms with Gasteiger partial charge in [-0.15, -0.1) is 24.8 Å². The van der Waals surface area contributed by atoms with Gasteiger partial charge >= 0.3 is 0 Å². The van der Waals surface area contributed by atoms with E-state index < -0.39 is 0 Å². The molecule has 1 atom stereocenters. The fraction of sp³-hybridized carbons (Fsp3) is 0.600. The van der Waals surface area contributed by atoms with Crippen LogP contribution in [0.25, 0.3) is 0 Å². The standard InChI is InChI=1S/C15H22Cl2N2.2ClH/c1-11(2)10-14(19-8-6-18-7-9-19)15-12(16)4-3-5-13(15)17;;/h3-5,11,14,18H,6-10H2,1-2H3;2*1H/t14-;;/m1../s1. The number of hydrogen-bond acceptors (Lipinski definition) is 2. The molecule has 0 amide bonds. The highest BCUT2D eigenvalue weighted by molar-refractivity contribution is 6.36. The lowest BCUT2D eigenvalue weighted by Gasteiger charge is -2.37. The Morgan fingerprint density at radius 2 is 1.62 bits per heavy atom. The highest BCUT2D eigenvalue weighted by atomic mass is 35.5. The van der Waals surface area contributed by atoms with Gasteiger partial charge < -0.3 is 5.32 Å². The number of piperazine rings is 1. The third-order valence-corrected chi connectivity index (χ3v) is 4.28. The van der Waals surface area contributed by atoms with Crippen molar-refractivity contribution in [1.29, 1.82) is 0 Å². The average Bonchev–Trinajstić information content (AvgIpc) is 2.38. The van der Waals surface area contributed by atoms with Crippen molar-refractivity contribution in [2.45, 2.75) is 26.3 Å². The molecule has 1 aromatic rings. The van der Waals surface area contributed by atoms with E-state index in [4.69, 9.17) is 23.2 Å². The minimum atomic E-state index is 0. The molecule has 0 aromatic heterocycles. The molecule has 1 saturated heterocycles. The zero-order valence-electron chi connectivity index (χ0n) is 12.4. The lowest BCUT2D eigenvalue weighted by atomic mass is 9.95. The summed E-state index contributed by atoms with van der Waals surface area (Å²) in [6.07, 6.45) is 1.09. The summed E-state index contributed by atoms with van der Waals surface area (Å²) in [5.74, 6) is 0.618. The van der Waals surface area contributed by atoms with Gasteiger partial charge in [-0.2, -0.15) is 0 Å². The predicted octanol–water partition coefficient (Wildman–Crippen LogP) is 4.83. The van der Waals surface area contributed by atoms with Crippen molar-refractivity contribution in [1.82, 2.24) is 10.2 Å². The van der Waals surface area contributed by atoms with E-state index in [1.165, 1.54) is 0 Å². The van der Waals surface area contributed by atoms with Crippen LogP contribution in [0.15, 0.2) is 18.2 Å². The van der Waals surface area contributed by atoms with Gasteiger partial charge in [0.1, 0.15) is 0 Å². The van der Waals surface area contributed by atoms with Crippen molar-refractivity contribution in [2.24, 2.45) is 5.92 Å². The van der Waals surface area contributed by atoms with Crippen LogP contribution in [0.4, 0.5) is 0 Å². The summed E-state index contributed by atoms with van der Waals surface area (Å²) >= 11 is 12.8. The molecule has 1 heterocycles. The van der Waals surface area contributed by atoms with Crippen LogP contribution in [-0.4, -0.2) is 31.1 Å². The van der Waals surface area contributed by atoms with Gasteiger partial charge in [-0.1, -0.05) is 43.1 Å². The number of nitrogens with zero attached hydrogens (tertiary/aromatic N) is 1. The molecule has 2 rings (SSSR count). The Balaban J connectivity index is 0.00000200. The Kier molecular flexibility index (Phi) is 10.3. The van der Waals surface area contributed by atoms with Crippen LogP contribution in [-0.2, 0) is 0 Å². The normalized spacial score (nSPS) is 17.0. The molecule has 1 fully saturated rings. The SMILES string of the molecule is CC(C)C[C@H](c1c(Cl)cccc1Cl)N1CCNCC1.Cl.Cl. The second kappa shape index (κ2) is 10.1. The van der Waals surface area contributed by atoms with Crippen LogP contribution in [0, 0.1) is 5.92 Å². The van der Waals surface area contributed by atoms with E-state index in [-0.39, 0.29) is 24.8 Å². The molecule has 2 nitrogen and oxygen atoms in total. The van der Waals surface area contributed by atoms with Crippen molar-refractivity contribution in [3.8, 4) is 0 Å². The Morgan fingerprint density at radius 1 is 1.10 bits per heavy atom. The van der Waals surface area contributed by atoms with Crippen molar-refractivity contribution in [2.75, 3.05) is 26.2 Å². The molecule has 1 aromatic carbocycles. The van der Waals surface area contributed by atoms with Crippen molar-refractivity contribution in [3.63, 3.8) is 0 Å². The Labute approximate surface area is 150 Å². The molecule has 0 aliphatic carbocycles. The van der Waals surface area contributed by atoms with Gasteiger partial charge in [0.25, 0.3) is 0 Å². The van der Waals surface area contributed by atoms with E-state index in [0.717, 1.165) is 48.2 Å². The Morgan fingerprint density at radius 3 is 2.10 bits per heavy atom. The topological polar surface area (TPSA) is 15.3 Å². The monoisotopic (exact) mass is 372 g/mol. The second-order valence-electron chi connectivity index (χ2n) is 5.57. The molecule has 0 bridgehead atoms. The van der Waals surface area contributed by atoms with Gasteiger partial charge in [-0.05, 0) is 24.5 Å². The minimum Gasteiger partial charge on any atom is -0.314 e. The van der Waals surface area contributed by atoms with Gasteiger partial charge in [-0.3, -0.25) is 4.90 Å². The summed E-state index contributed by atoms with van der Waals surface area (Å²) < 4.78 is 0. The third kappa shape index (κ3) is 5.78. The van der Waals surface area contributed by atoms with E-state index >= 15 is 0 Å². The zero-order chi connectivity index (χ0) is 13.8. The van der Waals surface area contributed by atoms with Gasteiger partial charge in [0.05, 0.1) is 0 Å². The predicted molar refractivity (Wildman–Crippen MR) is 97.6 cm³/mol. The van der Waals surface area contributed by atoms with E-state index in [1.807, 2.05) is 18.2 Å². The first-order valence-corrected chi connectivity index (χ1v) is 7.74. The molecule has 21 heavy (non-hydrogen) atoms. The number of benzene rings is 1. The van der Waals surface area contributed by atoms with E-state index in [1.54, 1.807) is 0 Å². The fourth-order valence-electron chi connectivity index (χ4n) is 2.72. The first kappa shape index (κ1) is 21.3. The fourth-order valence-corrected chi connectivity index (χ4v) is 3.37. The molecule has 1 aliphatic rings. The Hall–Kier alpha value is 0.300. The molecule has 122 valence electrons. The first-order chi connectivity index (χ1) is 9.09. The highest BCUT2D eigenvalue weighted by Crippen LogP contribution is 2.37. The van der Waals surface area contributed by atoms with E-state index in [0.29, 0.717) is 12.0 Å². The van der Waals surface area contributed by atoms with Crippen molar-refractivity contribution >= 4 is 48.0 Å². The minimum absolute atomic E-state index is 0. The van der Waals surface area contributed by atoms with Crippen LogP contribution in [0.1, 0.15) is 31.9 Å². The largest absolute Gasteiger partial charge is 0.314 e. The van der Waals surface area contributed by atoms with Crippen LogP contribution in [0.5, 0.6) is 0 Å². The van der Waals surface area contributed by atoms with Crippen LogP contribution in [0.3, 0.4) is 0 Å². The van der Waals surface area contributed by atoms with E-state index in [2.05, 4.69) is 24.1 Å². The lowest BCUT2D eigenvalue weighted by Crippen LogP contribution is -2.45. The molecule has 0 saturated carbocycles. The molecule has 1 aliphatic heterocycles. The highest BCUT2D eigenvalue weighted by Gasteiger charge is 2.26. The number of rotatable bonds is 4. The van der Waals surface area contributed by atoms with Crippen molar-refractivity contribution < 1.29 is 0 Å². The number of halogens is 4. The summed E-state index contributed by atoms with van der Waals surface area (Å²) in [5.41, 5.74) is 1.10. The molecular weight excluding hydrogens is 350 g/mol. The van der Waals surface area contributed by atoms with Gasteiger partial charge in [-0.25, -0.2) is 0 Å². The van der Waals surface area contributed by atoms with Gasteiger partial charge in [0.15, 0.2) is 0 Å². The second-order valence-corrected chi connectivity index (χ2v) is 6.38. The van der Waals surface area contributed by atoms with E-state index in [9.17, 15) is 0 Å². The van der Waals surface area contributed by atoms with Crippen LogP contribution < -0.4 is 5.32 Å². The Bertz CT molecular complexity index is 400. The summed E-state index contributed by atoms with van der Waals surface area (Å²) in [6, 6.07) is 6.12. The lowest BCUT2D eigenvalue weighted by molar-refractivity contribution is 0.154. The molecule has 0 radical (unpaired) electrons. The summed E-state index contributed by atoms with van der Waals surface area (Å²) in [6.45, 7) is 8.69. The maximum atomic E-state index is 6.40. The summed E-state index contributed by atoms with van der Waals surface area (Å²) in [7, 11) is 0. The first-order valence-electron chi connectivity index (χ1n) is 6.98. The molecule has 0 unspecified atom stereocenters. The molecular formula is C15H24Cl4N2. The van der Waals surface area contributed by atoms with Crippen LogP contribution in [0.2, 0.25) is 10.0 Å². The molecule has 1 N–H and O–H groups in total. The van der Waals surface area contributed by atoms with Gasteiger partial charge in [0, 0.05) is 47.8 Å². The smallest absolute Gasteiger partial charge is 0.0468 e. The third-order valence-electron chi connectivity index (χ3n) is 3.62. The maximum Gasteiger partial charge on any atom is 0.0468 e. The number of hydrogen-bond donors (Lipinski definition) is 1. The molecule has 0 spiro atoms. The molecule has 6 heteroatoms. The average molecular weight is 374 g/mol. The van der Waals surface area contributed by atoms with Gasteiger partial charge in [0.2, 0.25) is 0 Å². The van der Waals surface area contributed by atoms with Crippen molar-refractivity contribution in [3.05, 3.63) is 33.8 Å². The summed E-state index contributed by atoms with van der Waals surface area (Å²) in [4.78, 5) is 2.50. The number of nitrogens with one attached hydrogen (secondary N) is 1. The zero-order valence-corrected chi connectivity index (χ0v) is 15.6. The quantitative estimate of drug-likeness (QED) is 0.812.